The van der Waals surface area contributed by atoms with Gasteiger partial charge in [-0.3, -0.25) is 34.6 Å². The Morgan fingerprint density at radius 1 is 1.15 bits per heavy atom. The maximum absolute atomic E-state index is 13.0. The molecule has 12 nitrogen and oxygen atoms in total. The maximum atomic E-state index is 13.0. The van der Waals surface area contributed by atoms with Crippen molar-refractivity contribution >= 4 is 56.7 Å². The zero-order valence-corrected chi connectivity index (χ0v) is 25.2. The van der Waals surface area contributed by atoms with E-state index in [4.69, 9.17) is 4.74 Å². The van der Waals surface area contributed by atoms with Gasteiger partial charge in [0, 0.05) is 50.1 Å². The molecule has 1 aromatic rings. The molecule has 0 radical (unpaired) electrons. The molecule has 2 N–H and O–H groups in total. The number of ketones is 2. The third-order valence-electron chi connectivity index (χ3n) is 5.41. The minimum absolute atomic E-state index is 0.0553. The summed E-state index contributed by atoms with van der Waals surface area (Å²) in [5.74, 6) is -1.75. The monoisotopic (exact) mass is 598 g/mol. The van der Waals surface area contributed by atoms with E-state index in [1.807, 2.05) is 0 Å². The lowest BCUT2D eigenvalue weighted by Gasteiger charge is -2.23. The number of amides is 3. The first kappa shape index (κ1) is 35.0. The predicted octanol–water partition coefficient (Wildman–Crippen LogP) is 4.79. The fraction of sp³-hybridized carbons (Fsp3) is 0.615. The van der Waals surface area contributed by atoms with Crippen LogP contribution in [0, 0.1) is 16.0 Å². The van der Waals surface area contributed by atoms with Crippen LogP contribution >= 0.6 is 21.6 Å². The van der Waals surface area contributed by atoms with E-state index in [-0.39, 0.29) is 40.9 Å². The molecule has 1 aromatic heterocycles. The zero-order valence-electron chi connectivity index (χ0n) is 23.5. The molecular weight excluding hydrogens is 560 g/mol. The van der Waals surface area contributed by atoms with Crippen molar-refractivity contribution in [2.45, 2.75) is 96.2 Å². The van der Waals surface area contributed by atoms with Crippen molar-refractivity contribution in [1.82, 2.24) is 15.6 Å². The summed E-state index contributed by atoms with van der Waals surface area (Å²) in [5, 5.41) is 16.3. The van der Waals surface area contributed by atoms with Crippen molar-refractivity contribution in [3.63, 3.8) is 0 Å². The summed E-state index contributed by atoms with van der Waals surface area (Å²) in [5.41, 5.74) is -0.919. The van der Waals surface area contributed by atoms with Crippen molar-refractivity contribution < 1.29 is 33.6 Å². The number of hydrogen-bond donors (Lipinski definition) is 2. The predicted molar refractivity (Wildman–Crippen MR) is 153 cm³/mol. The van der Waals surface area contributed by atoms with Crippen LogP contribution < -0.4 is 10.6 Å². The fourth-order valence-electron chi connectivity index (χ4n) is 3.47. The first-order valence-electron chi connectivity index (χ1n) is 13.0. The summed E-state index contributed by atoms with van der Waals surface area (Å²) >= 11 is 0. The summed E-state index contributed by atoms with van der Waals surface area (Å²) in [7, 11) is 2.19. The largest absolute Gasteiger partial charge is 0.444 e. The number of unbranched alkanes of at least 4 members (excludes halogenated alkanes) is 2. The molecule has 0 fully saturated rings. The number of rotatable bonds is 17. The smallest absolute Gasteiger partial charge is 0.408 e. The van der Waals surface area contributed by atoms with Crippen LogP contribution in [0.2, 0.25) is 0 Å². The highest BCUT2D eigenvalue weighted by Crippen LogP contribution is 2.35. The SMILES string of the molecule is CCC(=O)CC(CCCCCC(=O)C(CSSc1ncccc1[N+](=O)[O-])NC(=O)OC(C)(C)C)C(=O)NC(C)=O. The highest BCUT2D eigenvalue weighted by atomic mass is 33.1. The molecule has 0 saturated carbocycles. The van der Waals surface area contributed by atoms with Crippen LogP contribution in [0.25, 0.3) is 0 Å². The Morgan fingerprint density at radius 3 is 2.45 bits per heavy atom. The fourth-order valence-corrected chi connectivity index (χ4v) is 5.72. The highest BCUT2D eigenvalue weighted by molar-refractivity contribution is 8.76. The first-order valence-corrected chi connectivity index (χ1v) is 15.3. The number of alkyl carbamates (subject to hydrolysis) is 1. The molecule has 0 aromatic carbocycles. The Morgan fingerprint density at radius 2 is 1.85 bits per heavy atom. The van der Waals surface area contributed by atoms with E-state index in [0.29, 0.717) is 32.1 Å². The van der Waals surface area contributed by atoms with Gasteiger partial charge >= 0.3 is 11.8 Å². The van der Waals surface area contributed by atoms with Crippen LogP contribution in [-0.4, -0.2) is 56.8 Å². The van der Waals surface area contributed by atoms with Gasteiger partial charge in [0.25, 0.3) is 0 Å². The second-order valence-corrected chi connectivity index (χ2v) is 12.4. The molecule has 0 bridgehead atoms. The topological polar surface area (TPSA) is 175 Å². The van der Waals surface area contributed by atoms with Crippen LogP contribution in [0.4, 0.5) is 10.5 Å². The van der Waals surface area contributed by atoms with Gasteiger partial charge in [0.2, 0.25) is 11.8 Å². The standard InChI is InChI=1S/C26H38N4O8S2/c1-6-19(32)15-18(23(34)28-17(2)31)11-8-7-9-13-22(33)20(29-25(35)38-26(3,4)5)16-39-40-24-21(30(36)37)12-10-14-27-24/h10,12,14,18,20H,6-9,11,13,15-16H2,1-5H3,(H,29,35)(H,28,31,34). The van der Waals surface area contributed by atoms with Crippen LogP contribution in [0.1, 0.15) is 79.6 Å². The Bertz CT molecular complexity index is 1060. The molecule has 2 unspecified atom stereocenters. The second-order valence-electron chi connectivity index (χ2n) is 10.1. The molecule has 0 saturated heterocycles. The number of imide groups is 1. The Labute approximate surface area is 242 Å². The molecule has 3 amide bonds. The number of nitrogens with zero attached hydrogens (tertiary/aromatic N) is 2. The van der Waals surface area contributed by atoms with Gasteiger partial charge in [-0.1, -0.05) is 30.6 Å². The summed E-state index contributed by atoms with van der Waals surface area (Å²) < 4.78 is 5.28. The van der Waals surface area contributed by atoms with Gasteiger partial charge in [-0.25, -0.2) is 9.78 Å². The van der Waals surface area contributed by atoms with Crippen molar-refractivity contribution in [2.24, 2.45) is 5.92 Å². The minimum atomic E-state index is -0.897. The van der Waals surface area contributed by atoms with Crippen molar-refractivity contribution in [1.29, 1.82) is 0 Å². The summed E-state index contributed by atoms with van der Waals surface area (Å²) in [6.45, 7) is 8.05. The van der Waals surface area contributed by atoms with Gasteiger partial charge in [0.05, 0.1) is 4.92 Å². The molecule has 40 heavy (non-hydrogen) atoms. The number of hydrogen-bond acceptors (Lipinski definition) is 11. The molecule has 14 heteroatoms. The second kappa shape index (κ2) is 17.6. The van der Waals surface area contributed by atoms with Crippen LogP contribution in [-0.2, 0) is 23.9 Å². The number of pyridine rings is 1. The number of carbonyl (C=O) groups excluding carboxylic acids is 5. The lowest BCUT2D eigenvalue weighted by atomic mass is 9.93. The molecule has 2 atom stereocenters. The van der Waals surface area contributed by atoms with Crippen LogP contribution in [0.15, 0.2) is 23.4 Å². The summed E-state index contributed by atoms with van der Waals surface area (Å²) in [4.78, 5) is 75.5. The average molecular weight is 599 g/mol. The maximum Gasteiger partial charge on any atom is 0.408 e. The highest BCUT2D eigenvalue weighted by Gasteiger charge is 2.26. The van der Waals surface area contributed by atoms with Crippen molar-refractivity contribution in [3.05, 3.63) is 28.4 Å². The minimum Gasteiger partial charge on any atom is -0.444 e. The number of aromatic nitrogens is 1. The molecule has 0 aliphatic heterocycles. The zero-order chi connectivity index (χ0) is 30.3. The van der Waals surface area contributed by atoms with E-state index in [2.05, 4.69) is 15.6 Å². The molecule has 0 spiro atoms. The van der Waals surface area contributed by atoms with E-state index >= 15 is 0 Å². The lowest BCUT2D eigenvalue weighted by molar-refractivity contribution is -0.388. The van der Waals surface area contributed by atoms with Gasteiger partial charge < -0.3 is 10.1 Å². The van der Waals surface area contributed by atoms with E-state index in [9.17, 15) is 34.1 Å². The number of nitro groups is 1. The molecule has 1 heterocycles. The molecule has 1 rings (SSSR count). The first-order chi connectivity index (χ1) is 18.7. The van der Waals surface area contributed by atoms with Gasteiger partial charge in [0.15, 0.2) is 10.8 Å². The number of carbonyl (C=O) groups is 5. The van der Waals surface area contributed by atoms with Gasteiger partial charge in [-0.05, 0) is 50.5 Å². The number of nitrogens with one attached hydrogen (secondary N) is 2. The Balaban J connectivity index is 2.72. The Hall–Kier alpha value is -3.00. The van der Waals surface area contributed by atoms with E-state index in [1.54, 1.807) is 27.7 Å². The Kier molecular flexibility index (Phi) is 15.4. The van der Waals surface area contributed by atoms with E-state index in [1.165, 1.54) is 25.3 Å². The lowest BCUT2D eigenvalue weighted by Crippen LogP contribution is -2.44. The van der Waals surface area contributed by atoms with E-state index < -0.39 is 40.4 Å². The molecular formula is C26H38N4O8S2. The summed E-state index contributed by atoms with van der Waals surface area (Å²) in [6.07, 6.45) is 3.23. The normalized spacial score (nSPS) is 12.6. The third-order valence-corrected chi connectivity index (χ3v) is 7.71. The van der Waals surface area contributed by atoms with Gasteiger partial charge in [-0.2, -0.15) is 0 Å². The molecule has 0 aliphatic carbocycles. The van der Waals surface area contributed by atoms with Crippen molar-refractivity contribution in [2.75, 3.05) is 5.75 Å². The number of Topliss-reactive ketones (excluding diaryl/α,β-unsaturated/α-hetero) is 2. The average Bonchev–Trinajstić information content (AvgIpc) is 2.85. The summed E-state index contributed by atoms with van der Waals surface area (Å²) in [6, 6.07) is 1.90. The number of ether oxygens (including phenoxy) is 1. The quantitative estimate of drug-likeness (QED) is 0.109. The van der Waals surface area contributed by atoms with Gasteiger partial charge in [0.1, 0.15) is 17.4 Å². The molecule has 222 valence electrons. The third kappa shape index (κ3) is 14.4. The molecule has 0 aliphatic rings. The van der Waals surface area contributed by atoms with Gasteiger partial charge in [-0.15, -0.1) is 0 Å². The van der Waals surface area contributed by atoms with E-state index in [0.717, 1.165) is 21.6 Å². The van der Waals surface area contributed by atoms with Crippen LogP contribution in [0.5, 0.6) is 0 Å². The van der Waals surface area contributed by atoms with Crippen LogP contribution in [0.3, 0.4) is 0 Å². The van der Waals surface area contributed by atoms with Crippen molar-refractivity contribution in [3.8, 4) is 0 Å².